The SMILES string of the molecule is O=C(c1ccco1)N1CCN(C(=O)c2cnc(-c3cccnc3)[nH]c2=O)CC1. The van der Waals surface area contributed by atoms with E-state index in [1.807, 2.05) is 0 Å². The lowest BCUT2D eigenvalue weighted by atomic mass is 10.2. The number of hydrogen-bond donors (Lipinski definition) is 1. The summed E-state index contributed by atoms with van der Waals surface area (Å²) in [6.07, 6.45) is 5.93. The van der Waals surface area contributed by atoms with Crippen LogP contribution < -0.4 is 5.56 Å². The summed E-state index contributed by atoms with van der Waals surface area (Å²) in [5.74, 6) is 0.00365. The van der Waals surface area contributed by atoms with E-state index < -0.39 is 11.5 Å². The van der Waals surface area contributed by atoms with Crippen LogP contribution in [0.3, 0.4) is 0 Å². The lowest BCUT2D eigenvalue weighted by Crippen LogP contribution is -2.51. The standard InChI is InChI=1S/C19H17N5O4/c25-17-14(12-21-16(22-17)13-3-1-5-20-11-13)18(26)23-6-8-24(9-7-23)19(27)15-4-2-10-28-15/h1-5,10-12H,6-9H2,(H,21,22,25). The van der Waals surface area contributed by atoms with Crippen LogP contribution in [-0.4, -0.2) is 62.7 Å². The Morgan fingerprint density at radius 2 is 1.75 bits per heavy atom. The molecule has 1 N–H and O–H groups in total. The minimum absolute atomic E-state index is 0.0292. The number of furan rings is 1. The van der Waals surface area contributed by atoms with Gasteiger partial charge in [0.2, 0.25) is 0 Å². The number of amides is 2. The van der Waals surface area contributed by atoms with Crippen LogP contribution in [0.25, 0.3) is 11.4 Å². The molecule has 1 aliphatic rings. The number of nitrogens with one attached hydrogen (secondary N) is 1. The van der Waals surface area contributed by atoms with Crippen molar-refractivity contribution >= 4 is 11.8 Å². The first-order chi connectivity index (χ1) is 13.6. The molecule has 4 heterocycles. The van der Waals surface area contributed by atoms with Crippen LogP contribution in [0.4, 0.5) is 0 Å². The quantitative estimate of drug-likeness (QED) is 0.727. The van der Waals surface area contributed by atoms with E-state index >= 15 is 0 Å². The highest BCUT2D eigenvalue weighted by molar-refractivity contribution is 5.94. The van der Waals surface area contributed by atoms with Crippen LogP contribution >= 0.6 is 0 Å². The highest BCUT2D eigenvalue weighted by Gasteiger charge is 2.27. The second-order valence-electron chi connectivity index (χ2n) is 6.28. The molecule has 0 radical (unpaired) electrons. The summed E-state index contributed by atoms with van der Waals surface area (Å²) in [4.78, 5) is 51.3. The van der Waals surface area contributed by atoms with Gasteiger partial charge in [-0.15, -0.1) is 0 Å². The Morgan fingerprint density at radius 3 is 2.36 bits per heavy atom. The van der Waals surface area contributed by atoms with Crippen molar-refractivity contribution in [3.63, 3.8) is 0 Å². The number of aromatic nitrogens is 3. The number of aromatic amines is 1. The lowest BCUT2D eigenvalue weighted by molar-refractivity contribution is 0.0517. The van der Waals surface area contributed by atoms with Crippen molar-refractivity contribution in [1.82, 2.24) is 24.8 Å². The van der Waals surface area contributed by atoms with E-state index in [4.69, 9.17) is 4.42 Å². The number of carbonyl (C=O) groups is 2. The van der Waals surface area contributed by atoms with Crippen LogP contribution in [0.2, 0.25) is 0 Å². The lowest BCUT2D eigenvalue weighted by Gasteiger charge is -2.34. The van der Waals surface area contributed by atoms with Crippen molar-refractivity contribution in [3.8, 4) is 11.4 Å². The molecule has 3 aromatic heterocycles. The fourth-order valence-corrected chi connectivity index (χ4v) is 3.04. The predicted molar refractivity (Wildman–Crippen MR) is 98.6 cm³/mol. The molecule has 3 aromatic rings. The molecule has 0 saturated carbocycles. The number of pyridine rings is 1. The van der Waals surface area contributed by atoms with Gasteiger partial charge < -0.3 is 19.2 Å². The van der Waals surface area contributed by atoms with Gasteiger partial charge in [-0.1, -0.05) is 0 Å². The molecule has 9 nitrogen and oxygen atoms in total. The number of carbonyl (C=O) groups excluding carboxylic acids is 2. The van der Waals surface area contributed by atoms with Crippen LogP contribution in [0.5, 0.6) is 0 Å². The summed E-state index contributed by atoms with van der Waals surface area (Å²) in [7, 11) is 0. The fraction of sp³-hybridized carbons (Fsp3) is 0.211. The van der Waals surface area contributed by atoms with Crippen LogP contribution in [0, 0.1) is 0 Å². The third-order valence-corrected chi connectivity index (χ3v) is 4.55. The van der Waals surface area contributed by atoms with Crippen LogP contribution in [0.1, 0.15) is 20.9 Å². The molecular weight excluding hydrogens is 362 g/mol. The van der Waals surface area contributed by atoms with Gasteiger partial charge in [0, 0.05) is 50.3 Å². The Morgan fingerprint density at radius 1 is 1.00 bits per heavy atom. The van der Waals surface area contributed by atoms with Crippen molar-refractivity contribution in [2.45, 2.75) is 0 Å². The molecule has 0 unspecified atom stereocenters. The average Bonchev–Trinajstić information content (AvgIpc) is 3.28. The molecule has 1 aliphatic heterocycles. The normalized spacial score (nSPS) is 14.1. The maximum Gasteiger partial charge on any atom is 0.289 e. The van der Waals surface area contributed by atoms with Gasteiger partial charge in [0.05, 0.1) is 6.26 Å². The third-order valence-electron chi connectivity index (χ3n) is 4.55. The first-order valence-corrected chi connectivity index (χ1v) is 8.75. The maximum atomic E-state index is 12.7. The van der Waals surface area contributed by atoms with Crippen molar-refractivity contribution in [3.05, 3.63) is 70.8 Å². The smallest absolute Gasteiger partial charge is 0.289 e. The molecular formula is C19H17N5O4. The maximum absolute atomic E-state index is 12.7. The Bertz CT molecular complexity index is 1040. The molecule has 0 bridgehead atoms. The molecule has 4 rings (SSSR count). The van der Waals surface area contributed by atoms with Gasteiger partial charge >= 0.3 is 0 Å². The van der Waals surface area contributed by atoms with Gasteiger partial charge in [-0.2, -0.15) is 0 Å². The molecule has 28 heavy (non-hydrogen) atoms. The summed E-state index contributed by atoms with van der Waals surface area (Å²) in [6, 6.07) is 6.76. The van der Waals surface area contributed by atoms with Crippen molar-refractivity contribution in [2.24, 2.45) is 0 Å². The highest BCUT2D eigenvalue weighted by atomic mass is 16.3. The Hall–Kier alpha value is -3.75. The first kappa shape index (κ1) is 17.7. The van der Waals surface area contributed by atoms with Gasteiger partial charge in [0.25, 0.3) is 17.4 Å². The molecule has 0 aliphatic carbocycles. The molecule has 142 valence electrons. The molecule has 1 fully saturated rings. The minimum atomic E-state index is -0.507. The zero-order chi connectivity index (χ0) is 19.5. The first-order valence-electron chi connectivity index (χ1n) is 8.75. The largest absolute Gasteiger partial charge is 0.459 e. The van der Waals surface area contributed by atoms with E-state index in [0.717, 1.165) is 0 Å². The molecule has 2 amide bonds. The van der Waals surface area contributed by atoms with Crippen molar-refractivity contribution in [1.29, 1.82) is 0 Å². The number of hydrogen-bond acceptors (Lipinski definition) is 6. The molecule has 0 spiro atoms. The molecule has 0 aromatic carbocycles. The van der Waals surface area contributed by atoms with Crippen molar-refractivity contribution < 1.29 is 14.0 Å². The Labute approximate surface area is 159 Å². The topological polar surface area (TPSA) is 112 Å². The summed E-state index contributed by atoms with van der Waals surface area (Å²) in [5, 5.41) is 0. The zero-order valence-corrected chi connectivity index (χ0v) is 14.9. The summed E-state index contributed by atoms with van der Waals surface area (Å²) >= 11 is 0. The Balaban J connectivity index is 1.44. The second-order valence-corrected chi connectivity index (χ2v) is 6.28. The minimum Gasteiger partial charge on any atom is -0.459 e. The number of piperazine rings is 1. The van der Waals surface area contributed by atoms with E-state index in [2.05, 4.69) is 15.0 Å². The van der Waals surface area contributed by atoms with Gasteiger partial charge in [-0.25, -0.2) is 4.98 Å². The van der Waals surface area contributed by atoms with E-state index in [0.29, 0.717) is 37.6 Å². The van der Waals surface area contributed by atoms with Gasteiger partial charge in [0.15, 0.2) is 5.76 Å². The number of rotatable bonds is 3. The van der Waals surface area contributed by atoms with E-state index in [9.17, 15) is 14.4 Å². The molecule has 9 heteroatoms. The molecule has 0 atom stereocenters. The predicted octanol–water partition coefficient (Wildman–Crippen LogP) is 1.02. The van der Waals surface area contributed by atoms with Crippen molar-refractivity contribution in [2.75, 3.05) is 26.2 Å². The monoisotopic (exact) mass is 379 g/mol. The fourth-order valence-electron chi connectivity index (χ4n) is 3.04. The van der Waals surface area contributed by atoms with Gasteiger partial charge in [-0.05, 0) is 24.3 Å². The number of H-pyrrole nitrogens is 1. The van der Waals surface area contributed by atoms with Gasteiger partial charge in [0.1, 0.15) is 11.4 Å². The zero-order valence-electron chi connectivity index (χ0n) is 14.9. The highest BCUT2D eigenvalue weighted by Crippen LogP contribution is 2.13. The number of nitrogens with zero attached hydrogens (tertiary/aromatic N) is 4. The third kappa shape index (κ3) is 3.41. The van der Waals surface area contributed by atoms with E-state index in [1.165, 1.54) is 12.5 Å². The second kappa shape index (κ2) is 7.47. The molecule has 1 saturated heterocycles. The average molecular weight is 379 g/mol. The van der Waals surface area contributed by atoms with E-state index in [1.54, 1.807) is 46.5 Å². The summed E-state index contributed by atoms with van der Waals surface area (Å²) in [5.41, 5.74) is 0.120. The Kier molecular flexibility index (Phi) is 4.71. The van der Waals surface area contributed by atoms with Crippen LogP contribution in [-0.2, 0) is 0 Å². The van der Waals surface area contributed by atoms with Crippen LogP contribution in [0.15, 0.2) is 58.3 Å². The summed E-state index contributed by atoms with van der Waals surface area (Å²) < 4.78 is 5.13. The summed E-state index contributed by atoms with van der Waals surface area (Å²) in [6.45, 7) is 1.39. The van der Waals surface area contributed by atoms with Gasteiger partial charge in [-0.3, -0.25) is 19.4 Å². The van der Waals surface area contributed by atoms with E-state index in [-0.39, 0.29) is 17.2 Å².